The van der Waals surface area contributed by atoms with Crippen molar-refractivity contribution in [3.63, 3.8) is 0 Å². The van der Waals surface area contributed by atoms with Gasteiger partial charge in [0, 0.05) is 32.3 Å². The molecule has 4 nitrogen and oxygen atoms in total. The molecule has 0 fully saturated rings. The lowest BCUT2D eigenvalue weighted by Crippen LogP contribution is -2.36. The molecule has 0 unspecified atom stereocenters. The first-order valence-corrected chi connectivity index (χ1v) is 8.16. The molecule has 2 rings (SSSR count). The fourth-order valence-corrected chi connectivity index (χ4v) is 2.24. The van der Waals surface area contributed by atoms with Gasteiger partial charge in [-0.3, -0.25) is 4.99 Å². The van der Waals surface area contributed by atoms with E-state index in [1.165, 1.54) is 6.07 Å². The Morgan fingerprint density at radius 1 is 1.00 bits per heavy atom. The zero-order valence-electron chi connectivity index (χ0n) is 14.5. The second kappa shape index (κ2) is 9.74. The maximum atomic E-state index is 13.6. The van der Waals surface area contributed by atoms with Crippen molar-refractivity contribution in [3.05, 3.63) is 70.8 Å². The van der Waals surface area contributed by atoms with Crippen molar-refractivity contribution >= 4 is 5.96 Å². The molecule has 6 heteroatoms. The second-order valence-corrected chi connectivity index (χ2v) is 5.47. The molecule has 0 bridgehead atoms. The van der Waals surface area contributed by atoms with Crippen molar-refractivity contribution in [2.75, 3.05) is 13.7 Å². The number of benzene rings is 2. The third-order valence-corrected chi connectivity index (χ3v) is 3.63. The highest BCUT2D eigenvalue weighted by atomic mass is 19.1. The summed E-state index contributed by atoms with van der Waals surface area (Å²) in [4.78, 5) is 4.09. The van der Waals surface area contributed by atoms with Gasteiger partial charge in [-0.2, -0.15) is 0 Å². The van der Waals surface area contributed by atoms with Crippen LogP contribution in [-0.4, -0.2) is 19.6 Å². The minimum atomic E-state index is -0.465. The average molecular weight is 347 g/mol. The van der Waals surface area contributed by atoms with E-state index in [0.717, 1.165) is 23.3 Å². The number of hydrogen-bond acceptors (Lipinski definition) is 2. The van der Waals surface area contributed by atoms with E-state index in [9.17, 15) is 8.78 Å². The van der Waals surface area contributed by atoms with Crippen LogP contribution in [0.5, 0.6) is 0 Å². The van der Waals surface area contributed by atoms with Crippen LogP contribution in [0.2, 0.25) is 0 Å². The zero-order chi connectivity index (χ0) is 18.1. The number of nitrogens with zero attached hydrogens (tertiary/aromatic N) is 1. The number of nitrogens with one attached hydrogen (secondary N) is 2. The fraction of sp³-hybridized carbons (Fsp3) is 0.316. The molecule has 0 aliphatic heterocycles. The molecule has 0 saturated carbocycles. The van der Waals surface area contributed by atoms with Gasteiger partial charge in [-0.1, -0.05) is 24.3 Å². The van der Waals surface area contributed by atoms with Gasteiger partial charge in [0.2, 0.25) is 0 Å². The van der Waals surface area contributed by atoms with Crippen molar-refractivity contribution in [3.8, 4) is 0 Å². The lowest BCUT2D eigenvalue weighted by Gasteiger charge is -2.13. The van der Waals surface area contributed by atoms with Crippen molar-refractivity contribution in [2.24, 2.45) is 4.99 Å². The van der Waals surface area contributed by atoms with Crippen LogP contribution >= 0.6 is 0 Å². The number of ether oxygens (including phenoxy) is 1. The SMILES string of the molecule is CCOCc1ccc(CNC(=NC)NCc2cc(F)ccc2F)cc1. The molecular weight excluding hydrogens is 324 g/mol. The van der Waals surface area contributed by atoms with E-state index in [4.69, 9.17) is 4.74 Å². The molecule has 2 N–H and O–H groups in total. The average Bonchev–Trinajstić information content (AvgIpc) is 2.63. The van der Waals surface area contributed by atoms with Crippen molar-refractivity contribution in [1.29, 1.82) is 0 Å². The van der Waals surface area contributed by atoms with Gasteiger partial charge in [0.05, 0.1) is 6.61 Å². The summed E-state index contributed by atoms with van der Waals surface area (Å²) >= 11 is 0. The summed E-state index contributed by atoms with van der Waals surface area (Å²) in [6.07, 6.45) is 0. The van der Waals surface area contributed by atoms with Crippen molar-refractivity contribution < 1.29 is 13.5 Å². The summed E-state index contributed by atoms with van der Waals surface area (Å²) in [5.41, 5.74) is 2.46. The van der Waals surface area contributed by atoms with Gasteiger partial charge in [0.25, 0.3) is 0 Å². The molecule has 25 heavy (non-hydrogen) atoms. The third-order valence-electron chi connectivity index (χ3n) is 3.63. The lowest BCUT2D eigenvalue weighted by atomic mass is 10.1. The van der Waals surface area contributed by atoms with E-state index >= 15 is 0 Å². The van der Waals surface area contributed by atoms with Crippen LogP contribution in [0.15, 0.2) is 47.5 Å². The van der Waals surface area contributed by atoms with Gasteiger partial charge in [-0.25, -0.2) is 8.78 Å². The van der Waals surface area contributed by atoms with Gasteiger partial charge in [0.1, 0.15) is 11.6 Å². The summed E-state index contributed by atoms with van der Waals surface area (Å²) in [6, 6.07) is 11.5. The molecule has 0 aliphatic rings. The van der Waals surface area contributed by atoms with E-state index in [1.807, 2.05) is 31.2 Å². The van der Waals surface area contributed by atoms with E-state index in [2.05, 4.69) is 15.6 Å². The maximum Gasteiger partial charge on any atom is 0.191 e. The van der Waals surface area contributed by atoms with Crippen LogP contribution in [0, 0.1) is 11.6 Å². The third kappa shape index (κ3) is 6.15. The predicted molar refractivity (Wildman–Crippen MR) is 95.2 cm³/mol. The minimum absolute atomic E-state index is 0.149. The normalized spacial score (nSPS) is 11.4. The van der Waals surface area contributed by atoms with Crippen LogP contribution < -0.4 is 10.6 Å². The molecule has 0 radical (unpaired) electrons. The summed E-state index contributed by atoms with van der Waals surface area (Å²) in [5, 5.41) is 6.12. The van der Waals surface area contributed by atoms with E-state index in [0.29, 0.717) is 25.7 Å². The molecule has 0 atom stereocenters. The van der Waals surface area contributed by atoms with Crippen LogP contribution in [0.25, 0.3) is 0 Å². The number of rotatable bonds is 7. The first kappa shape index (κ1) is 18.9. The molecule has 0 spiro atoms. The molecule has 0 heterocycles. The highest BCUT2D eigenvalue weighted by Gasteiger charge is 2.05. The molecule has 0 amide bonds. The summed E-state index contributed by atoms with van der Waals surface area (Å²) in [7, 11) is 1.63. The maximum absolute atomic E-state index is 13.6. The first-order valence-electron chi connectivity index (χ1n) is 8.16. The van der Waals surface area contributed by atoms with Crippen molar-refractivity contribution in [2.45, 2.75) is 26.6 Å². The zero-order valence-corrected chi connectivity index (χ0v) is 14.5. The molecule has 0 saturated heterocycles. The number of halogens is 2. The van der Waals surface area contributed by atoms with Gasteiger partial charge < -0.3 is 15.4 Å². The second-order valence-electron chi connectivity index (χ2n) is 5.47. The Hall–Kier alpha value is -2.47. The van der Waals surface area contributed by atoms with Crippen LogP contribution in [0.4, 0.5) is 8.78 Å². The quantitative estimate of drug-likeness (QED) is 0.596. The molecule has 2 aromatic rings. The largest absolute Gasteiger partial charge is 0.377 e. The molecule has 0 aromatic heterocycles. The lowest BCUT2D eigenvalue weighted by molar-refractivity contribution is 0.134. The van der Waals surface area contributed by atoms with E-state index in [-0.39, 0.29) is 12.1 Å². The Morgan fingerprint density at radius 3 is 2.36 bits per heavy atom. The van der Waals surface area contributed by atoms with Gasteiger partial charge in [-0.15, -0.1) is 0 Å². The first-order chi connectivity index (χ1) is 12.1. The Morgan fingerprint density at radius 2 is 1.68 bits per heavy atom. The van der Waals surface area contributed by atoms with Gasteiger partial charge in [-0.05, 0) is 36.2 Å². The minimum Gasteiger partial charge on any atom is -0.377 e. The molecule has 134 valence electrons. The van der Waals surface area contributed by atoms with E-state index < -0.39 is 11.6 Å². The highest BCUT2D eigenvalue weighted by Crippen LogP contribution is 2.09. The Kier molecular flexibility index (Phi) is 7.35. The van der Waals surface area contributed by atoms with Gasteiger partial charge >= 0.3 is 0 Å². The molecule has 2 aromatic carbocycles. The number of guanidine groups is 1. The predicted octanol–water partition coefficient (Wildman–Crippen LogP) is 3.37. The number of hydrogen-bond donors (Lipinski definition) is 2. The van der Waals surface area contributed by atoms with Crippen LogP contribution in [0.1, 0.15) is 23.6 Å². The smallest absolute Gasteiger partial charge is 0.191 e. The van der Waals surface area contributed by atoms with Gasteiger partial charge in [0.15, 0.2) is 5.96 Å². The Labute approximate surface area is 146 Å². The highest BCUT2D eigenvalue weighted by molar-refractivity contribution is 5.79. The van der Waals surface area contributed by atoms with E-state index in [1.54, 1.807) is 7.05 Å². The number of aliphatic imine (C=N–C) groups is 1. The Balaban J connectivity index is 1.84. The fourth-order valence-electron chi connectivity index (χ4n) is 2.24. The van der Waals surface area contributed by atoms with Crippen molar-refractivity contribution in [1.82, 2.24) is 10.6 Å². The molecular formula is C19H23F2N3O. The standard InChI is InChI=1S/C19H23F2N3O/c1-3-25-13-15-6-4-14(5-7-15)11-23-19(22-2)24-12-16-10-17(20)8-9-18(16)21/h4-10H,3,11-13H2,1-2H3,(H2,22,23,24). The summed E-state index contributed by atoms with van der Waals surface area (Å²) < 4.78 is 32.2. The summed E-state index contributed by atoms with van der Waals surface area (Å²) in [6.45, 7) is 3.98. The van der Waals surface area contributed by atoms with Crippen LogP contribution in [-0.2, 0) is 24.4 Å². The summed E-state index contributed by atoms with van der Waals surface area (Å²) in [5.74, 6) is -0.399. The Bertz CT molecular complexity index is 702. The molecule has 0 aliphatic carbocycles. The van der Waals surface area contributed by atoms with Crippen LogP contribution in [0.3, 0.4) is 0 Å². The topological polar surface area (TPSA) is 45.6 Å². The monoisotopic (exact) mass is 347 g/mol.